The molecule has 1 aliphatic carbocycles. The van der Waals surface area contributed by atoms with Crippen LogP contribution < -0.4 is 4.74 Å². The van der Waals surface area contributed by atoms with Gasteiger partial charge in [-0.2, -0.15) is 0 Å². The number of hydrogen-bond acceptors (Lipinski definition) is 6. The fourth-order valence-corrected chi connectivity index (χ4v) is 4.07. The fraction of sp³-hybridized carbons (Fsp3) is 0.318. The first-order chi connectivity index (χ1) is 15.5. The van der Waals surface area contributed by atoms with Crippen molar-refractivity contribution in [1.29, 1.82) is 0 Å². The van der Waals surface area contributed by atoms with Crippen LogP contribution in [0.3, 0.4) is 0 Å². The number of nitrogens with zero attached hydrogens (tertiary/aromatic N) is 6. The van der Waals surface area contributed by atoms with Gasteiger partial charge in [0.2, 0.25) is 11.7 Å². The van der Waals surface area contributed by atoms with Crippen molar-refractivity contribution in [3.63, 3.8) is 0 Å². The largest absolute Gasteiger partial charge is 0.481 e. The lowest BCUT2D eigenvalue weighted by molar-refractivity contribution is 0.0323. The minimum Gasteiger partial charge on any atom is -0.481 e. The van der Waals surface area contributed by atoms with E-state index in [1.807, 2.05) is 0 Å². The highest BCUT2D eigenvalue weighted by Crippen LogP contribution is 2.45. The Morgan fingerprint density at radius 2 is 1.91 bits per heavy atom. The molecule has 32 heavy (non-hydrogen) atoms. The van der Waals surface area contributed by atoms with Crippen LogP contribution in [0.1, 0.15) is 33.9 Å². The van der Waals surface area contributed by atoms with Gasteiger partial charge in [-0.1, -0.05) is 12.1 Å². The van der Waals surface area contributed by atoms with Gasteiger partial charge >= 0.3 is 0 Å². The number of aromatic nitrogens is 4. The maximum atomic E-state index is 13.5. The minimum absolute atomic E-state index is 0.0507. The number of rotatable bonds is 4. The Morgan fingerprint density at radius 3 is 2.66 bits per heavy atom. The summed E-state index contributed by atoms with van der Waals surface area (Å²) in [6.45, 7) is 1.19. The Kier molecular flexibility index (Phi) is 4.84. The van der Waals surface area contributed by atoms with Crippen LogP contribution in [-0.2, 0) is 0 Å². The number of halogens is 1. The van der Waals surface area contributed by atoms with Crippen molar-refractivity contribution in [2.75, 3.05) is 26.7 Å². The monoisotopic (exact) mass is 436 g/mol. The standard InChI is InChI=1S/C22H21FN6O3/c1-32-18-7-3-6-17(25-18)20(30)27-10-11-28(22(13-27)8-9-22)21(31)19-24-14-29(26-19)16-5-2-4-15(23)12-16/h2-7,12,14H,8-11,13H2,1H3. The van der Waals surface area contributed by atoms with E-state index in [4.69, 9.17) is 4.74 Å². The molecule has 5 rings (SSSR count). The molecular formula is C22H21FN6O3. The fourth-order valence-electron chi connectivity index (χ4n) is 4.07. The molecule has 3 heterocycles. The third-order valence-electron chi connectivity index (χ3n) is 5.92. The Labute approximate surface area is 183 Å². The van der Waals surface area contributed by atoms with Gasteiger partial charge in [-0.05, 0) is 37.1 Å². The highest BCUT2D eigenvalue weighted by Gasteiger charge is 2.54. The van der Waals surface area contributed by atoms with Crippen LogP contribution in [-0.4, -0.2) is 73.6 Å². The van der Waals surface area contributed by atoms with Gasteiger partial charge in [0.25, 0.3) is 11.8 Å². The van der Waals surface area contributed by atoms with E-state index in [1.54, 1.807) is 40.1 Å². The molecule has 164 valence electrons. The summed E-state index contributed by atoms with van der Waals surface area (Å²) in [5.74, 6) is -0.435. The molecule has 10 heteroatoms. The maximum Gasteiger partial charge on any atom is 0.294 e. The predicted octanol–water partition coefficient (Wildman–Crippen LogP) is 1.94. The molecule has 3 aromatic rings. The molecule has 1 aromatic carbocycles. The van der Waals surface area contributed by atoms with Crippen molar-refractivity contribution in [3.05, 3.63) is 66.1 Å². The highest BCUT2D eigenvalue weighted by atomic mass is 19.1. The number of pyridine rings is 1. The first-order valence-corrected chi connectivity index (χ1v) is 10.3. The minimum atomic E-state index is -0.409. The summed E-state index contributed by atoms with van der Waals surface area (Å²) in [6, 6.07) is 11.0. The van der Waals surface area contributed by atoms with Gasteiger partial charge in [0.05, 0.1) is 18.3 Å². The number of ether oxygens (including phenoxy) is 1. The summed E-state index contributed by atoms with van der Waals surface area (Å²) < 4.78 is 20.0. The molecule has 0 radical (unpaired) electrons. The Hall–Kier alpha value is -3.82. The van der Waals surface area contributed by atoms with Crippen molar-refractivity contribution in [2.45, 2.75) is 18.4 Å². The second-order valence-electron chi connectivity index (χ2n) is 7.97. The second kappa shape index (κ2) is 7.70. The molecule has 2 aliphatic rings. The number of benzene rings is 1. The zero-order valence-corrected chi connectivity index (χ0v) is 17.4. The molecule has 0 bridgehead atoms. The molecule has 1 saturated heterocycles. The van der Waals surface area contributed by atoms with Crippen LogP contribution in [0.2, 0.25) is 0 Å². The number of amides is 2. The number of carbonyl (C=O) groups is 2. The maximum absolute atomic E-state index is 13.5. The van der Waals surface area contributed by atoms with Crippen LogP contribution in [0.5, 0.6) is 5.88 Å². The summed E-state index contributed by atoms with van der Waals surface area (Å²) in [5.41, 5.74) is 0.392. The number of carbonyl (C=O) groups excluding carboxylic acids is 2. The van der Waals surface area contributed by atoms with Gasteiger partial charge in [0.15, 0.2) is 0 Å². The summed E-state index contributed by atoms with van der Waals surface area (Å²) in [5, 5.41) is 4.25. The van der Waals surface area contributed by atoms with Crippen LogP contribution in [0.25, 0.3) is 5.69 Å². The van der Waals surface area contributed by atoms with Crippen molar-refractivity contribution < 1.29 is 18.7 Å². The van der Waals surface area contributed by atoms with E-state index in [9.17, 15) is 14.0 Å². The molecule has 0 unspecified atom stereocenters. The van der Waals surface area contributed by atoms with Crippen LogP contribution in [0.4, 0.5) is 4.39 Å². The lowest BCUT2D eigenvalue weighted by atomic mass is 10.1. The number of hydrogen-bond donors (Lipinski definition) is 0. The molecular weight excluding hydrogens is 415 g/mol. The summed E-state index contributed by atoms with van der Waals surface area (Å²) in [4.78, 5) is 38.0. The van der Waals surface area contributed by atoms with Crippen molar-refractivity contribution >= 4 is 11.8 Å². The van der Waals surface area contributed by atoms with Crippen molar-refractivity contribution in [1.82, 2.24) is 29.5 Å². The van der Waals surface area contributed by atoms with E-state index in [1.165, 1.54) is 30.3 Å². The molecule has 2 amide bonds. The van der Waals surface area contributed by atoms with Crippen LogP contribution >= 0.6 is 0 Å². The zero-order valence-electron chi connectivity index (χ0n) is 17.4. The van der Waals surface area contributed by atoms with Crippen LogP contribution in [0, 0.1) is 5.82 Å². The SMILES string of the molecule is COc1cccc(C(=O)N2CCN(C(=O)c3ncn(-c4cccc(F)c4)n3)C3(CC3)C2)n1. The van der Waals surface area contributed by atoms with Gasteiger partial charge in [0, 0.05) is 25.7 Å². The van der Waals surface area contributed by atoms with Gasteiger partial charge in [-0.15, -0.1) is 5.10 Å². The Morgan fingerprint density at radius 1 is 1.09 bits per heavy atom. The zero-order chi connectivity index (χ0) is 22.3. The molecule has 2 fully saturated rings. The lowest BCUT2D eigenvalue weighted by Crippen LogP contribution is -2.58. The van der Waals surface area contributed by atoms with Gasteiger partial charge in [0.1, 0.15) is 17.8 Å². The van der Waals surface area contributed by atoms with Crippen molar-refractivity contribution in [3.8, 4) is 11.6 Å². The van der Waals surface area contributed by atoms with E-state index in [0.717, 1.165) is 12.8 Å². The predicted molar refractivity (Wildman–Crippen MR) is 111 cm³/mol. The molecule has 1 spiro atoms. The van der Waals surface area contributed by atoms with Crippen molar-refractivity contribution in [2.24, 2.45) is 0 Å². The van der Waals surface area contributed by atoms with Gasteiger partial charge in [-0.3, -0.25) is 9.59 Å². The average molecular weight is 436 g/mol. The van der Waals surface area contributed by atoms with E-state index >= 15 is 0 Å². The molecule has 9 nitrogen and oxygen atoms in total. The average Bonchev–Trinajstić information content (AvgIpc) is 3.39. The van der Waals surface area contributed by atoms with Crippen LogP contribution in [0.15, 0.2) is 48.8 Å². The quantitative estimate of drug-likeness (QED) is 0.621. The highest BCUT2D eigenvalue weighted by molar-refractivity contribution is 5.94. The topological polar surface area (TPSA) is 93.5 Å². The summed E-state index contributed by atoms with van der Waals surface area (Å²) in [7, 11) is 1.50. The third kappa shape index (κ3) is 3.57. The number of methoxy groups -OCH3 is 1. The molecule has 1 aliphatic heterocycles. The Balaban J connectivity index is 1.32. The van der Waals surface area contributed by atoms with E-state index < -0.39 is 11.4 Å². The van der Waals surface area contributed by atoms with E-state index in [-0.39, 0.29) is 17.6 Å². The second-order valence-corrected chi connectivity index (χ2v) is 7.97. The lowest BCUT2D eigenvalue weighted by Gasteiger charge is -2.41. The molecule has 2 aromatic heterocycles. The first-order valence-electron chi connectivity index (χ1n) is 10.3. The molecule has 1 saturated carbocycles. The normalized spacial score (nSPS) is 16.8. The molecule has 0 N–H and O–H groups in total. The van der Waals surface area contributed by atoms with Gasteiger partial charge in [-0.25, -0.2) is 19.0 Å². The summed E-state index contributed by atoms with van der Waals surface area (Å²) >= 11 is 0. The first kappa shape index (κ1) is 20.1. The number of piperazine rings is 1. The third-order valence-corrected chi connectivity index (χ3v) is 5.92. The van der Waals surface area contributed by atoms with Gasteiger partial charge < -0.3 is 14.5 Å². The molecule has 0 atom stereocenters. The Bertz CT molecular complexity index is 1190. The van der Waals surface area contributed by atoms with E-state index in [0.29, 0.717) is 36.9 Å². The van der Waals surface area contributed by atoms with E-state index in [2.05, 4.69) is 15.1 Å². The smallest absolute Gasteiger partial charge is 0.294 e. The summed E-state index contributed by atoms with van der Waals surface area (Å²) in [6.07, 6.45) is 3.01.